The normalized spacial score (nSPS) is 11.3. The number of nitrogens with zero attached hydrogens (tertiary/aromatic N) is 2. The molecule has 0 fully saturated rings. The molecule has 0 bridgehead atoms. The molecule has 0 aliphatic rings. The summed E-state index contributed by atoms with van der Waals surface area (Å²) in [5.74, 6) is 1.12. The second kappa shape index (κ2) is 7.33. The van der Waals surface area contributed by atoms with Crippen LogP contribution in [-0.4, -0.2) is 11.7 Å². The summed E-state index contributed by atoms with van der Waals surface area (Å²) in [5.41, 5.74) is 1.85. The highest BCUT2D eigenvalue weighted by Gasteiger charge is 2.12. The van der Waals surface area contributed by atoms with Crippen molar-refractivity contribution in [1.29, 1.82) is 0 Å². The van der Waals surface area contributed by atoms with Crippen molar-refractivity contribution in [2.24, 2.45) is 10.2 Å². The average molecular weight is 358 g/mol. The maximum absolute atomic E-state index is 10.0. The second-order valence-corrected chi connectivity index (χ2v) is 5.99. The number of hydrogen-bond acceptors (Lipinski definition) is 5. The Labute approximate surface area is 156 Å². The van der Waals surface area contributed by atoms with E-state index in [0.717, 1.165) is 22.1 Å². The van der Waals surface area contributed by atoms with E-state index in [1.165, 1.54) is 0 Å². The van der Waals surface area contributed by atoms with Crippen LogP contribution in [0.15, 0.2) is 87.4 Å². The average Bonchev–Trinajstić information content (AvgIpc) is 3.08. The lowest BCUT2D eigenvalue weighted by Gasteiger charge is -2.05. The second-order valence-electron chi connectivity index (χ2n) is 5.99. The van der Waals surface area contributed by atoms with E-state index >= 15 is 0 Å². The molecule has 1 aromatic heterocycles. The summed E-state index contributed by atoms with van der Waals surface area (Å²) in [7, 11) is 0. The first-order chi connectivity index (χ1) is 13.2. The van der Waals surface area contributed by atoms with Gasteiger partial charge in [0.2, 0.25) is 0 Å². The summed E-state index contributed by atoms with van der Waals surface area (Å²) in [4.78, 5) is 0. The van der Waals surface area contributed by atoms with E-state index in [-0.39, 0.29) is 5.95 Å². The van der Waals surface area contributed by atoms with Gasteiger partial charge < -0.3 is 14.3 Å². The fourth-order valence-corrected chi connectivity index (χ4v) is 2.83. The molecule has 0 aliphatic heterocycles. The van der Waals surface area contributed by atoms with Crippen LogP contribution < -0.4 is 4.74 Å². The van der Waals surface area contributed by atoms with Crippen LogP contribution in [0.25, 0.3) is 22.1 Å². The zero-order valence-electron chi connectivity index (χ0n) is 14.8. The van der Waals surface area contributed by atoms with Gasteiger partial charge in [-0.2, -0.15) is 5.11 Å². The highest BCUT2D eigenvalue weighted by atomic mass is 16.5. The van der Waals surface area contributed by atoms with Crippen LogP contribution in [0.2, 0.25) is 0 Å². The van der Waals surface area contributed by atoms with Gasteiger partial charge in [-0.1, -0.05) is 36.4 Å². The zero-order chi connectivity index (χ0) is 18.6. The molecule has 0 spiro atoms. The van der Waals surface area contributed by atoms with Crippen LogP contribution in [-0.2, 0) is 0 Å². The Bertz CT molecular complexity index is 1100. The van der Waals surface area contributed by atoms with Gasteiger partial charge in [0.05, 0.1) is 12.3 Å². The van der Waals surface area contributed by atoms with Crippen LogP contribution in [0.5, 0.6) is 11.7 Å². The maximum atomic E-state index is 10.0. The lowest BCUT2D eigenvalue weighted by molar-refractivity contribution is 0.339. The lowest BCUT2D eigenvalue weighted by Crippen LogP contribution is -1.90. The molecule has 0 radical (unpaired) electrons. The van der Waals surface area contributed by atoms with Crippen LogP contribution in [0, 0.1) is 0 Å². The molecule has 0 saturated heterocycles. The minimum Gasteiger partial charge on any atom is -0.494 e. The van der Waals surface area contributed by atoms with E-state index in [1.54, 1.807) is 6.07 Å². The summed E-state index contributed by atoms with van der Waals surface area (Å²) in [6.45, 7) is 2.60. The van der Waals surface area contributed by atoms with E-state index in [4.69, 9.17) is 9.15 Å². The van der Waals surface area contributed by atoms with Gasteiger partial charge in [0.15, 0.2) is 5.69 Å². The predicted molar refractivity (Wildman–Crippen MR) is 105 cm³/mol. The van der Waals surface area contributed by atoms with Crippen LogP contribution in [0.4, 0.5) is 11.4 Å². The van der Waals surface area contributed by atoms with Crippen molar-refractivity contribution in [2.75, 3.05) is 6.61 Å². The molecule has 0 aliphatic carbocycles. The van der Waals surface area contributed by atoms with E-state index in [0.29, 0.717) is 23.7 Å². The smallest absolute Gasteiger partial charge is 0.311 e. The molecule has 27 heavy (non-hydrogen) atoms. The third-order valence-electron chi connectivity index (χ3n) is 4.13. The van der Waals surface area contributed by atoms with Crippen molar-refractivity contribution in [3.63, 3.8) is 0 Å². The Hall–Kier alpha value is -3.60. The molecule has 5 nitrogen and oxygen atoms in total. The van der Waals surface area contributed by atoms with Crippen molar-refractivity contribution in [3.05, 3.63) is 72.8 Å². The van der Waals surface area contributed by atoms with Gasteiger partial charge >= 0.3 is 5.95 Å². The Morgan fingerprint density at radius 3 is 2.48 bits per heavy atom. The molecule has 1 heterocycles. The van der Waals surface area contributed by atoms with Gasteiger partial charge in [-0.25, -0.2) is 0 Å². The van der Waals surface area contributed by atoms with Crippen LogP contribution in [0.1, 0.15) is 6.92 Å². The molecule has 1 N–H and O–H groups in total. The standard InChI is InChI=1S/C22H18N2O3/c1-2-26-19-11-10-15-12-17(9-8-16(15)13-19)21-14-20(22(25)27-21)24-23-18-6-4-3-5-7-18/h3-14,25H,2H2,1H3. The third-order valence-corrected chi connectivity index (χ3v) is 4.13. The number of ether oxygens (including phenoxy) is 1. The number of fused-ring (bicyclic) bond motifs is 1. The molecule has 5 heteroatoms. The van der Waals surface area contributed by atoms with Crippen molar-refractivity contribution in [2.45, 2.75) is 6.92 Å². The van der Waals surface area contributed by atoms with Crippen LogP contribution >= 0.6 is 0 Å². The summed E-state index contributed by atoms with van der Waals surface area (Å²) < 4.78 is 11.0. The molecule has 4 rings (SSSR count). The van der Waals surface area contributed by atoms with E-state index in [1.807, 2.05) is 73.7 Å². The van der Waals surface area contributed by atoms with Crippen molar-refractivity contribution in [1.82, 2.24) is 0 Å². The molecular formula is C22H18N2O3. The summed E-state index contributed by atoms with van der Waals surface area (Å²) >= 11 is 0. The van der Waals surface area contributed by atoms with Gasteiger partial charge in [-0.3, -0.25) is 0 Å². The maximum Gasteiger partial charge on any atom is 0.311 e. The molecule has 134 valence electrons. The first-order valence-corrected chi connectivity index (χ1v) is 8.69. The monoisotopic (exact) mass is 358 g/mol. The predicted octanol–water partition coefficient (Wildman–Crippen LogP) is 6.62. The van der Waals surface area contributed by atoms with Gasteiger partial charge in [-0.05, 0) is 48.0 Å². The summed E-state index contributed by atoms with van der Waals surface area (Å²) in [6, 6.07) is 22.9. The van der Waals surface area contributed by atoms with Gasteiger partial charge in [-0.15, -0.1) is 5.11 Å². The molecule has 0 unspecified atom stereocenters. The van der Waals surface area contributed by atoms with Crippen molar-refractivity contribution in [3.8, 4) is 23.0 Å². The highest BCUT2D eigenvalue weighted by molar-refractivity contribution is 5.88. The first-order valence-electron chi connectivity index (χ1n) is 8.69. The number of rotatable bonds is 5. The fraction of sp³-hybridized carbons (Fsp3) is 0.0909. The fourth-order valence-electron chi connectivity index (χ4n) is 2.83. The summed E-state index contributed by atoms with van der Waals surface area (Å²) in [6.07, 6.45) is 0. The quantitative estimate of drug-likeness (QED) is 0.408. The Balaban J connectivity index is 1.63. The molecule has 4 aromatic rings. The number of furan rings is 1. The molecule has 3 aromatic carbocycles. The lowest BCUT2D eigenvalue weighted by atomic mass is 10.1. The number of aromatic hydroxyl groups is 1. The minimum atomic E-state index is -0.253. The number of benzene rings is 3. The van der Waals surface area contributed by atoms with Crippen molar-refractivity contribution < 1.29 is 14.3 Å². The highest BCUT2D eigenvalue weighted by Crippen LogP contribution is 2.37. The minimum absolute atomic E-state index is 0.253. The topological polar surface area (TPSA) is 67.3 Å². The van der Waals surface area contributed by atoms with Gasteiger partial charge in [0, 0.05) is 11.6 Å². The molecular weight excluding hydrogens is 340 g/mol. The first kappa shape index (κ1) is 16.8. The van der Waals surface area contributed by atoms with E-state index < -0.39 is 0 Å². The van der Waals surface area contributed by atoms with E-state index in [2.05, 4.69) is 10.2 Å². The third kappa shape index (κ3) is 3.67. The van der Waals surface area contributed by atoms with E-state index in [9.17, 15) is 5.11 Å². The summed E-state index contributed by atoms with van der Waals surface area (Å²) in [5, 5.41) is 20.4. The Morgan fingerprint density at radius 1 is 0.889 bits per heavy atom. The zero-order valence-corrected chi connectivity index (χ0v) is 14.8. The largest absolute Gasteiger partial charge is 0.494 e. The van der Waals surface area contributed by atoms with Gasteiger partial charge in [0.1, 0.15) is 11.5 Å². The van der Waals surface area contributed by atoms with Crippen LogP contribution in [0.3, 0.4) is 0 Å². The molecule has 0 atom stereocenters. The molecule has 0 saturated carbocycles. The number of azo groups is 1. The Morgan fingerprint density at radius 2 is 1.67 bits per heavy atom. The number of hydrogen-bond donors (Lipinski definition) is 1. The van der Waals surface area contributed by atoms with Gasteiger partial charge in [0.25, 0.3) is 0 Å². The SMILES string of the molecule is CCOc1ccc2cc(-c3cc(N=Nc4ccccc4)c(O)o3)ccc2c1. The van der Waals surface area contributed by atoms with Crippen molar-refractivity contribution >= 4 is 22.1 Å². The molecule has 0 amide bonds. The Kier molecular flexibility index (Phi) is 4.58.